The van der Waals surface area contributed by atoms with Crippen LogP contribution in [0.25, 0.3) is 0 Å². The minimum absolute atomic E-state index is 0.0591. The predicted molar refractivity (Wildman–Crippen MR) is 48.5 cm³/mol. The standard InChI is InChI=1S/C9H13N3/c1-4-8(10-5-2)9-6-12(3)7-11-9/h1,6-8,10H,5H2,2-3H3. The molecule has 0 bridgehead atoms. The van der Waals surface area contributed by atoms with E-state index in [1.54, 1.807) is 6.33 Å². The van der Waals surface area contributed by atoms with Crippen molar-refractivity contribution in [1.29, 1.82) is 0 Å². The van der Waals surface area contributed by atoms with Crippen LogP contribution in [0.1, 0.15) is 18.7 Å². The lowest BCUT2D eigenvalue weighted by Gasteiger charge is -2.06. The average molecular weight is 163 g/mol. The Morgan fingerprint density at radius 3 is 3.00 bits per heavy atom. The summed E-state index contributed by atoms with van der Waals surface area (Å²) in [4.78, 5) is 4.16. The first-order valence-corrected chi connectivity index (χ1v) is 3.95. The monoisotopic (exact) mass is 163 g/mol. The number of imidazole rings is 1. The highest BCUT2D eigenvalue weighted by atomic mass is 15.0. The van der Waals surface area contributed by atoms with E-state index < -0.39 is 0 Å². The van der Waals surface area contributed by atoms with Gasteiger partial charge in [-0.25, -0.2) is 4.98 Å². The summed E-state index contributed by atoms with van der Waals surface area (Å²) in [6, 6.07) is -0.0591. The molecule has 64 valence electrons. The van der Waals surface area contributed by atoms with Gasteiger partial charge in [0.1, 0.15) is 6.04 Å². The smallest absolute Gasteiger partial charge is 0.113 e. The van der Waals surface area contributed by atoms with E-state index >= 15 is 0 Å². The largest absolute Gasteiger partial charge is 0.340 e. The molecule has 0 saturated heterocycles. The van der Waals surface area contributed by atoms with Gasteiger partial charge in [-0.2, -0.15) is 0 Å². The molecule has 0 radical (unpaired) electrons. The van der Waals surface area contributed by atoms with Crippen LogP contribution in [0, 0.1) is 12.3 Å². The van der Waals surface area contributed by atoms with Crippen molar-refractivity contribution in [3.8, 4) is 12.3 Å². The molecule has 0 aliphatic carbocycles. The Morgan fingerprint density at radius 2 is 2.58 bits per heavy atom. The number of aryl methyl sites for hydroxylation is 1. The normalized spacial score (nSPS) is 12.4. The first kappa shape index (κ1) is 8.82. The first-order valence-electron chi connectivity index (χ1n) is 3.95. The maximum Gasteiger partial charge on any atom is 0.113 e. The maximum absolute atomic E-state index is 5.34. The van der Waals surface area contributed by atoms with Crippen molar-refractivity contribution in [3.63, 3.8) is 0 Å². The molecule has 1 rings (SSSR count). The van der Waals surface area contributed by atoms with Gasteiger partial charge in [0.15, 0.2) is 0 Å². The van der Waals surface area contributed by atoms with Gasteiger partial charge >= 0.3 is 0 Å². The van der Waals surface area contributed by atoms with E-state index in [-0.39, 0.29) is 6.04 Å². The minimum Gasteiger partial charge on any atom is -0.340 e. The first-order chi connectivity index (χ1) is 5.77. The summed E-state index contributed by atoms with van der Waals surface area (Å²) in [6.07, 6.45) is 9.01. The van der Waals surface area contributed by atoms with Crippen molar-refractivity contribution < 1.29 is 0 Å². The van der Waals surface area contributed by atoms with Crippen molar-refractivity contribution in [3.05, 3.63) is 18.2 Å². The summed E-state index contributed by atoms with van der Waals surface area (Å²) < 4.78 is 1.89. The van der Waals surface area contributed by atoms with Crippen molar-refractivity contribution in [2.75, 3.05) is 6.54 Å². The van der Waals surface area contributed by atoms with Gasteiger partial charge < -0.3 is 4.57 Å². The van der Waals surface area contributed by atoms with Gasteiger partial charge in [-0.05, 0) is 6.54 Å². The third-order valence-electron chi connectivity index (χ3n) is 1.60. The maximum atomic E-state index is 5.34. The zero-order chi connectivity index (χ0) is 8.97. The van der Waals surface area contributed by atoms with Crippen molar-refractivity contribution in [2.24, 2.45) is 7.05 Å². The molecule has 0 aliphatic heterocycles. The second-order valence-electron chi connectivity index (χ2n) is 2.62. The second kappa shape index (κ2) is 3.93. The molecule has 1 atom stereocenters. The van der Waals surface area contributed by atoms with Gasteiger partial charge in [-0.1, -0.05) is 12.8 Å². The molecule has 1 heterocycles. The molecule has 1 N–H and O–H groups in total. The van der Waals surface area contributed by atoms with Crippen LogP contribution < -0.4 is 5.32 Å². The number of terminal acetylenes is 1. The minimum atomic E-state index is -0.0591. The molecule has 3 nitrogen and oxygen atoms in total. The number of rotatable bonds is 3. The Morgan fingerprint density at radius 1 is 1.83 bits per heavy atom. The highest BCUT2D eigenvalue weighted by Gasteiger charge is 2.07. The van der Waals surface area contributed by atoms with Crippen LogP contribution in [0.3, 0.4) is 0 Å². The molecular weight excluding hydrogens is 150 g/mol. The van der Waals surface area contributed by atoms with E-state index in [9.17, 15) is 0 Å². The summed E-state index contributed by atoms with van der Waals surface area (Å²) in [5.41, 5.74) is 0.904. The summed E-state index contributed by atoms with van der Waals surface area (Å²) in [6.45, 7) is 2.87. The van der Waals surface area contributed by atoms with Crippen LogP contribution in [-0.2, 0) is 7.05 Å². The highest BCUT2D eigenvalue weighted by Crippen LogP contribution is 2.07. The quantitative estimate of drug-likeness (QED) is 0.665. The van der Waals surface area contributed by atoms with Crippen molar-refractivity contribution in [1.82, 2.24) is 14.9 Å². The Balaban J connectivity index is 2.74. The van der Waals surface area contributed by atoms with Crippen LogP contribution in [0.2, 0.25) is 0 Å². The van der Waals surface area contributed by atoms with Crippen LogP contribution in [0.15, 0.2) is 12.5 Å². The second-order valence-corrected chi connectivity index (χ2v) is 2.62. The van der Waals surface area contributed by atoms with Gasteiger partial charge in [-0.3, -0.25) is 5.32 Å². The lowest BCUT2D eigenvalue weighted by atomic mass is 10.2. The third-order valence-corrected chi connectivity index (χ3v) is 1.60. The molecule has 0 saturated carbocycles. The average Bonchev–Trinajstić information content (AvgIpc) is 2.47. The lowest BCUT2D eigenvalue weighted by molar-refractivity contribution is 0.651. The number of nitrogens with zero attached hydrogens (tertiary/aromatic N) is 2. The summed E-state index contributed by atoms with van der Waals surface area (Å²) in [5.74, 6) is 2.65. The predicted octanol–water partition coefficient (Wildman–Crippen LogP) is 0.704. The van der Waals surface area contributed by atoms with Gasteiger partial charge in [0.2, 0.25) is 0 Å². The molecule has 0 aliphatic rings. The van der Waals surface area contributed by atoms with E-state index in [2.05, 4.69) is 16.2 Å². The number of nitrogens with one attached hydrogen (secondary N) is 1. The van der Waals surface area contributed by atoms with Gasteiger partial charge in [0.05, 0.1) is 12.0 Å². The van der Waals surface area contributed by atoms with Crippen LogP contribution in [0.4, 0.5) is 0 Å². The SMILES string of the molecule is C#CC(NCC)c1cn(C)cn1. The third kappa shape index (κ3) is 1.86. The molecule has 1 aromatic heterocycles. The van der Waals surface area contributed by atoms with E-state index in [0.717, 1.165) is 12.2 Å². The molecule has 12 heavy (non-hydrogen) atoms. The van der Waals surface area contributed by atoms with Crippen LogP contribution >= 0.6 is 0 Å². The molecule has 0 aromatic carbocycles. The molecule has 0 fully saturated rings. The summed E-state index contributed by atoms with van der Waals surface area (Å²) in [5, 5.41) is 3.15. The fourth-order valence-electron chi connectivity index (χ4n) is 1.04. The molecule has 1 aromatic rings. The highest BCUT2D eigenvalue weighted by molar-refractivity contribution is 5.15. The number of aromatic nitrogens is 2. The topological polar surface area (TPSA) is 29.9 Å². The Hall–Kier alpha value is -1.27. The number of hydrogen-bond donors (Lipinski definition) is 1. The van der Waals surface area contributed by atoms with E-state index in [1.807, 2.05) is 24.7 Å². The molecular formula is C9H13N3. The van der Waals surface area contributed by atoms with Crippen molar-refractivity contribution >= 4 is 0 Å². The molecule has 0 spiro atoms. The zero-order valence-electron chi connectivity index (χ0n) is 7.41. The Bertz CT molecular complexity index is 282. The van der Waals surface area contributed by atoms with E-state index in [1.165, 1.54) is 0 Å². The zero-order valence-corrected chi connectivity index (χ0v) is 7.41. The molecule has 3 heteroatoms. The fourth-order valence-corrected chi connectivity index (χ4v) is 1.04. The van der Waals surface area contributed by atoms with Crippen LogP contribution in [0.5, 0.6) is 0 Å². The van der Waals surface area contributed by atoms with Gasteiger partial charge in [-0.15, -0.1) is 6.42 Å². The molecule has 1 unspecified atom stereocenters. The van der Waals surface area contributed by atoms with Crippen molar-refractivity contribution in [2.45, 2.75) is 13.0 Å². The van der Waals surface area contributed by atoms with Gasteiger partial charge in [0.25, 0.3) is 0 Å². The lowest BCUT2D eigenvalue weighted by Crippen LogP contribution is -2.19. The van der Waals surface area contributed by atoms with Gasteiger partial charge in [0, 0.05) is 13.2 Å². The fraction of sp³-hybridized carbons (Fsp3) is 0.444. The summed E-state index contributed by atoms with van der Waals surface area (Å²) >= 11 is 0. The molecule has 0 amide bonds. The summed E-state index contributed by atoms with van der Waals surface area (Å²) in [7, 11) is 1.93. The Kier molecular flexibility index (Phi) is 2.89. The van der Waals surface area contributed by atoms with E-state index in [0.29, 0.717) is 0 Å². The number of hydrogen-bond acceptors (Lipinski definition) is 2. The Labute approximate surface area is 72.8 Å². The van der Waals surface area contributed by atoms with Crippen LogP contribution in [-0.4, -0.2) is 16.1 Å². The van der Waals surface area contributed by atoms with E-state index in [4.69, 9.17) is 6.42 Å².